The van der Waals surface area contributed by atoms with Crippen LogP contribution >= 0.6 is 0 Å². The van der Waals surface area contributed by atoms with Crippen LogP contribution in [0.5, 0.6) is 0 Å². The van der Waals surface area contributed by atoms with Crippen molar-refractivity contribution in [3.63, 3.8) is 0 Å². The van der Waals surface area contributed by atoms with Crippen LogP contribution in [-0.4, -0.2) is 38.7 Å². The summed E-state index contributed by atoms with van der Waals surface area (Å²) in [5.74, 6) is 0. The van der Waals surface area contributed by atoms with E-state index in [4.69, 9.17) is 5.11 Å². The molecule has 0 bridgehead atoms. The number of hydrogen-bond donors (Lipinski definition) is 1. The number of alkyl halides is 3. The van der Waals surface area contributed by atoms with Crippen LogP contribution in [0, 0.1) is 0 Å². The zero-order valence-corrected chi connectivity index (χ0v) is 11.7. The fourth-order valence-electron chi connectivity index (χ4n) is 1.73. The number of sulfone groups is 1. The monoisotopic (exact) mass is 311 g/mol. The maximum atomic E-state index is 12.4. The Morgan fingerprint density at radius 3 is 2.10 bits per heavy atom. The summed E-state index contributed by atoms with van der Waals surface area (Å²) in [4.78, 5) is 0.985. The summed E-state index contributed by atoms with van der Waals surface area (Å²) in [5, 5.41) is 8.93. The molecule has 0 fully saturated rings. The van der Waals surface area contributed by atoms with Crippen LogP contribution in [0.3, 0.4) is 0 Å². The summed E-state index contributed by atoms with van der Waals surface area (Å²) >= 11 is 0. The number of hydrogen-bond acceptors (Lipinski definition) is 4. The molecule has 0 unspecified atom stereocenters. The maximum absolute atomic E-state index is 12.4. The lowest BCUT2D eigenvalue weighted by atomic mass is 10.2. The van der Waals surface area contributed by atoms with Gasteiger partial charge in [0.15, 0.2) is 0 Å². The van der Waals surface area contributed by atoms with Crippen LogP contribution in [0.25, 0.3) is 0 Å². The molecule has 1 aromatic carbocycles. The molecule has 0 aromatic heterocycles. The minimum atomic E-state index is -5.31. The molecule has 20 heavy (non-hydrogen) atoms. The van der Waals surface area contributed by atoms with E-state index in [9.17, 15) is 21.6 Å². The van der Waals surface area contributed by atoms with Gasteiger partial charge in [-0.15, -0.1) is 0 Å². The Kier molecular flexibility index (Phi) is 5.41. The van der Waals surface area contributed by atoms with Gasteiger partial charge in [-0.1, -0.05) is 6.92 Å². The summed E-state index contributed by atoms with van der Waals surface area (Å²) in [6.45, 7) is 2.78. The van der Waals surface area contributed by atoms with E-state index in [1.807, 2.05) is 6.92 Å². The molecule has 8 heteroatoms. The SMILES string of the molecule is CCCN(CCO)c1ccc(S(=O)(=O)C(F)(F)F)cc1. The van der Waals surface area contributed by atoms with Gasteiger partial charge in [0, 0.05) is 18.8 Å². The van der Waals surface area contributed by atoms with Gasteiger partial charge in [0.2, 0.25) is 0 Å². The van der Waals surface area contributed by atoms with Gasteiger partial charge in [0.1, 0.15) is 0 Å². The molecule has 0 aliphatic heterocycles. The number of benzene rings is 1. The second-order valence-electron chi connectivity index (χ2n) is 4.15. The van der Waals surface area contributed by atoms with Gasteiger partial charge in [0.05, 0.1) is 11.5 Å². The fourth-order valence-corrected chi connectivity index (χ4v) is 2.49. The van der Waals surface area contributed by atoms with Crippen molar-refractivity contribution in [2.45, 2.75) is 23.7 Å². The Bertz CT molecular complexity index is 520. The first-order valence-corrected chi connectivity index (χ1v) is 7.49. The number of nitrogens with zero attached hydrogens (tertiary/aromatic N) is 1. The Morgan fingerprint density at radius 1 is 1.15 bits per heavy atom. The van der Waals surface area contributed by atoms with Gasteiger partial charge in [-0.25, -0.2) is 8.42 Å². The van der Waals surface area contributed by atoms with Gasteiger partial charge < -0.3 is 10.0 Å². The van der Waals surface area contributed by atoms with E-state index in [1.54, 1.807) is 4.90 Å². The van der Waals surface area contributed by atoms with Crippen LogP contribution in [-0.2, 0) is 9.84 Å². The zero-order chi connectivity index (χ0) is 15.4. The van der Waals surface area contributed by atoms with Crippen molar-refractivity contribution in [3.8, 4) is 0 Å². The van der Waals surface area contributed by atoms with Crippen molar-refractivity contribution in [3.05, 3.63) is 24.3 Å². The molecule has 0 saturated carbocycles. The molecule has 0 radical (unpaired) electrons. The Labute approximate surface area is 115 Å². The van der Waals surface area contributed by atoms with Crippen molar-refractivity contribution >= 4 is 15.5 Å². The highest BCUT2D eigenvalue weighted by Gasteiger charge is 2.46. The normalized spacial score (nSPS) is 12.4. The predicted octanol–water partition coefficient (Wildman–Crippen LogP) is 2.19. The smallest absolute Gasteiger partial charge is 0.395 e. The van der Waals surface area contributed by atoms with Crippen LogP contribution in [0.4, 0.5) is 18.9 Å². The Hall–Kier alpha value is -1.28. The fraction of sp³-hybridized carbons (Fsp3) is 0.500. The van der Waals surface area contributed by atoms with Crippen molar-refractivity contribution in [2.24, 2.45) is 0 Å². The summed E-state index contributed by atoms with van der Waals surface area (Å²) in [5.41, 5.74) is -4.73. The standard InChI is InChI=1S/C12H16F3NO3S/c1-2-7-16(8-9-17)10-3-5-11(6-4-10)20(18,19)12(13,14)15/h3-6,17H,2,7-9H2,1H3. The van der Waals surface area contributed by atoms with E-state index in [0.717, 1.165) is 18.6 Å². The highest BCUT2D eigenvalue weighted by Crippen LogP contribution is 2.31. The molecule has 1 aromatic rings. The molecule has 0 aliphatic rings. The topological polar surface area (TPSA) is 57.6 Å². The van der Waals surface area contributed by atoms with E-state index < -0.39 is 20.2 Å². The summed E-state index contributed by atoms with van der Waals surface area (Å²) in [6.07, 6.45) is 0.794. The van der Waals surface area contributed by atoms with Crippen LogP contribution in [0.2, 0.25) is 0 Å². The number of rotatable bonds is 6. The molecule has 0 atom stereocenters. The number of aliphatic hydroxyl groups is 1. The van der Waals surface area contributed by atoms with Crippen LogP contribution < -0.4 is 4.90 Å². The van der Waals surface area contributed by atoms with Crippen LogP contribution in [0.1, 0.15) is 13.3 Å². The number of aliphatic hydroxyl groups excluding tert-OH is 1. The lowest BCUT2D eigenvalue weighted by molar-refractivity contribution is -0.0436. The predicted molar refractivity (Wildman–Crippen MR) is 69.3 cm³/mol. The quantitative estimate of drug-likeness (QED) is 0.875. The lowest BCUT2D eigenvalue weighted by Crippen LogP contribution is -2.27. The maximum Gasteiger partial charge on any atom is 0.501 e. The minimum absolute atomic E-state index is 0.0946. The molecule has 0 spiro atoms. The highest BCUT2D eigenvalue weighted by molar-refractivity contribution is 7.92. The van der Waals surface area contributed by atoms with Crippen molar-refractivity contribution in [2.75, 3.05) is 24.6 Å². The van der Waals surface area contributed by atoms with Crippen molar-refractivity contribution in [1.29, 1.82) is 0 Å². The third-order valence-electron chi connectivity index (χ3n) is 2.68. The summed E-state index contributed by atoms with van der Waals surface area (Å²) < 4.78 is 59.6. The number of anilines is 1. The molecular formula is C12H16F3NO3S. The van der Waals surface area contributed by atoms with Gasteiger partial charge in [-0.3, -0.25) is 0 Å². The third kappa shape index (κ3) is 3.63. The van der Waals surface area contributed by atoms with E-state index in [-0.39, 0.29) is 6.61 Å². The van der Waals surface area contributed by atoms with E-state index in [2.05, 4.69) is 0 Å². The number of halogens is 3. The Morgan fingerprint density at radius 2 is 1.70 bits per heavy atom. The van der Waals surface area contributed by atoms with E-state index >= 15 is 0 Å². The first-order chi connectivity index (χ1) is 9.24. The van der Waals surface area contributed by atoms with E-state index in [1.165, 1.54) is 12.1 Å². The van der Waals surface area contributed by atoms with Crippen molar-refractivity contribution in [1.82, 2.24) is 0 Å². The molecule has 114 valence electrons. The van der Waals surface area contributed by atoms with E-state index in [0.29, 0.717) is 18.8 Å². The molecule has 0 aliphatic carbocycles. The molecule has 0 amide bonds. The first-order valence-electron chi connectivity index (χ1n) is 6.01. The summed E-state index contributed by atoms with van der Waals surface area (Å²) in [6, 6.07) is 4.48. The van der Waals surface area contributed by atoms with Crippen molar-refractivity contribution < 1.29 is 26.7 Å². The molecule has 0 heterocycles. The zero-order valence-electron chi connectivity index (χ0n) is 10.9. The average molecular weight is 311 g/mol. The summed E-state index contributed by atoms with van der Waals surface area (Å²) in [7, 11) is -5.31. The molecule has 4 nitrogen and oxygen atoms in total. The molecule has 1 rings (SSSR count). The molecule has 0 saturated heterocycles. The lowest BCUT2D eigenvalue weighted by Gasteiger charge is -2.23. The van der Waals surface area contributed by atoms with Gasteiger partial charge in [-0.05, 0) is 30.7 Å². The average Bonchev–Trinajstić information content (AvgIpc) is 2.37. The van der Waals surface area contributed by atoms with Gasteiger partial charge in [0.25, 0.3) is 9.84 Å². The minimum Gasteiger partial charge on any atom is -0.395 e. The second kappa shape index (κ2) is 6.45. The van der Waals surface area contributed by atoms with Gasteiger partial charge in [-0.2, -0.15) is 13.2 Å². The largest absolute Gasteiger partial charge is 0.501 e. The third-order valence-corrected chi connectivity index (χ3v) is 4.18. The highest BCUT2D eigenvalue weighted by atomic mass is 32.2. The first kappa shape index (κ1) is 16.8. The Balaban J connectivity index is 3.05. The van der Waals surface area contributed by atoms with Gasteiger partial charge >= 0.3 is 5.51 Å². The second-order valence-corrected chi connectivity index (χ2v) is 6.09. The molecule has 1 N–H and O–H groups in total. The molecular weight excluding hydrogens is 295 g/mol. The van der Waals surface area contributed by atoms with Crippen LogP contribution in [0.15, 0.2) is 29.2 Å².